The summed E-state index contributed by atoms with van der Waals surface area (Å²) in [4.78, 5) is 42.5. The lowest BCUT2D eigenvalue weighted by atomic mass is 10.1. The van der Waals surface area contributed by atoms with E-state index in [1.165, 1.54) is 6.07 Å². The standard InChI is InChI=1S/C21H22N6O5/c22-18-14-8-11(4-5-15(14)26-21(23)27-18)10-24-13-3-1-2-12(9-13)19(30)25-16(20(31)32)6-7-17(28)29/h1-5,8-9,16,24H,6-7,10H2,(H,25,30)(H,28,29)(H,31,32)(H4,22,23,26,27). The van der Waals surface area contributed by atoms with Crippen molar-refractivity contribution in [3.05, 3.63) is 53.6 Å². The summed E-state index contributed by atoms with van der Waals surface area (Å²) in [6.07, 6.45) is -0.582. The quantitative estimate of drug-likeness (QED) is 0.285. The Kier molecular flexibility index (Phi) is 6.68. The predicted octanol–water partition coefficient (Wildman–Crippen LogP) is 1.45. The van der Waals surface area contributed by atoms with Gasteiger partial charge in [-0.2, -0.15) is 4.98 Å². The van der Waals surface area contributed by atoms with Crippen LogP contribution in [0.3, 0.4) is 0 Å². The van der Waals surface area contributed by atoms with Crippen LogP contribution in [0.2, 0.25) is 0 Å². The molecular formula is C21H22N6O5. The lowest BCUT2D eigenvalue weighted by Crippen LogP contribution is -2.41. The monoisotopic (exact) mass is 438 g/mol. The van der Waals surface area contributed by atoms with E-state index in [0.717, 1.165) is 5.56 Å². The number of anilines is 3. The molecule has 11 nitrogen and oxygen atoms in total. The molecule has 8 N–H and O–H groups in total. The Balaban J connectivity index is 1.68. The number of amides is 1. The number of nitrogens with two attached hydrogens (primary N) is 2. The molecule has 0 aliphatic rings. The van der Waals surface area contributed by atoms with Crippen molar-refractivity contribution >= 4 is 46.2 Å². The van der Waals surface area contributed by atoms with Gasteiger partial charge in [-0.15, -0.1) is 0 Å². The van der Waals surface area contributed by atoms with E-state index >= 15 is 0 Å². The molecule has 0 radical (unpaired) electrons. The number of fused-ring (bicyclic) bond motifs is 1. The van der Waals surface area contributed by atoms with Gasteiger partial charge in [-0.3, -0.25) is 9.59 Å². The summed E-state index contributed by atoms with van der Waals surface area (Å²) in [6, 6.07) is 10.7. The molecule has 2 aromatic carbocycles. The summed E-state index contributed by atoms with van der Waals surface area (Å²) in [7, 11) is 0. The molecule has 32 heavy (non-hydrogen) atoms. The average molecular weight is 438 g/mol. The number of aromatic nitrogens is 2. The van der Waals surface area contributed by atoms with Crippen LogP contribution in [0.15, 0.2) is 42.5 Å². The number of carboxylic acids is 2. The molecule has 1 unspecified atom stereocenters. The third-order valence-electron chi connectivity index (χ3n) is 4.68. The van der Waals surface area contributed by atoms with Crippen molar-refractivity contribution in [1.82, 2.24) is 15.3 Å². The van der Waals surface area contributed by atoms with E-state index in [1.807, 2.05) is 12.1 Å². The van der Waals surface area contributed by atoms with Crippen molar-refractivity contribution in [1.29, 1.82) is 0 Å². The first-order valence-corrected chi connectivity index (χ1v) is 9.64. The molecule has 0 saturated carbocycles. The number of hydrogen-bond donors (Lipinski definition) is 6. The van der Waals surface area contributed by atoms with Gasteiger partial charge in [0.05, 0.1) is 5.52 Å². The highest BCUT2D eigenvalue weighted by molar-refractivity contribution is 5.97. The van der Waals surface area contributed by atoms with Crippen molar-refractivity contribution in [2.45, 2.75) is 25.4 Å². The number of carbonyl (C=O) groups excluding carboxylic acids is 1. The molecule has 1 amide bonds. The van der Waals surface area contributed by atoms with Gasteiger partial charge in [0, 0.05) is 29.6 Å². The van der Waals surface area contributed by atoms with Crippen LogP contribution in [0.4, 0.5) is 17.5 Å². The van der Waals surface area contributed by atoms with Gasteiger partial charge < -0.3 is 32.3 Å². The van der Waals surface area contributed by atoms with E-state index in [2.05, 4.69) is 20.6 Å². The first-order valence-electron chi connectivity index (χ1n) is 9.64. The zero-order chi connectivity index (χ0) is 23.3. The summed E-state index contributed by atoms with van der Waals surface area (Å²) >= 11 is 0. The summed E-state index contributed by atoms with van der Waals surface area (Å²) in [5.41, 5.74) is 13.9. The third kappa shape index (κ3) is 5.59. The average Bonchev–Trinajstić information content (AvgIpc) is 2.75. The molecule has 3 aromatic rings. The summed E-state index contributed by atoms with van der Waals surface area (Å²) in [5, 5.41) is 24.2. The Bertz CT molecular complexity index is 1180. The minimum Gasteiger partial charge on any atom is -0.481 e. The Labute approximate surface area is 182 Å². The maximum absolute atomic E-state index is 12.5. The Morgan fingerprint density at radius 3 is 2.53 bits per heavy atom. The second-order valence-electron chi connectivity index (χ2n) is 7.05. The van der Waals surface area contributed by atoms with Gasteiger partial charge in [-0.05, 0) is 42.3 Å². The van der Waals surface area contributed by atoms with E-state index in [-0.39, 0.29) is 30.2 Å². The van der Waals surface area contributed by atoms with Crippen LogP contribution in [-0.4, -0.2) is 44.1 Å². The molecule has 0 spiro atoms. The number of carboxylic acid groups (broad SMARTS) is 2. The van der Waals surface area contributed by atoms with E-state index in [9.17, 15) is 19.5 Å². The van der Waals surface area contributed by atoms with Crippen LogP contribution in [0, 0.1) is 0 Å². The van der Waals surface area contributed by atoms with Gasteiger partial charge in [0.2, 0.25) is 5.95 Å². The highest BCUT2D eigenvalue weighted by atomic mass is 16.4. The zero-order valence-corrected chi connectivity index (χ0v) is 16.9. The molecule has 11 heteroatoms. The Morgan fingerprint density at radius 2 is 1.81 bits per heavy atom. The minimum absolute atomic E-state index is 0.101. The molecule has 0 saturated heterocycles. The molecular weight excluding hydrogens is 416 g/mol. The maximum atomic E-state index is 12.5. The molecule has 0 fully saturated rings. The fourth-order valence-corrected chi connectivity index (χ4v) is 3.07. The molecule has 1 heterocycles. The molecule has 3 rings (SSSR count). The summed E-state index contributed by atoms with van der Waals surface area (Å²) in [5.74, 6) is -2.66. The van der Waals surface area contributed by atoms with E-state index in [4.69, 9.17) is 16.6 Å². The zero-order valence-electron chi connectivity index (χ0n) is 16.9. The number of benzene rings is 2. The van der Waals surface area contributed by atoms with Gasteiger partial charge in [0.15, 0.2) is 0 Å². The van der Waals surface area contributed by atoms with Gasteiger partial charge in [0.25, 0.3) is 5.91 Å². The van der Waals surface area contributed by atoms with E-state index < -0.39 is 23.9 Å². The highest BCUT2D eigenvalue weighted by Gasteiger charge is 2.21. The largest absolute Gasteiger partial charge is 0.481 e. The van der Waals surface area contributed by atoms with Crippen molar-refractivity contribution in [3.63, 3.8) is 0 Å². The smallest absolute Gasteiger partial charge is 0.326 e. The fraction of sp³-hybridized carbons (Fsp3) is 0.190. The SMILES string of the molecule is Nc1nc(N)c2cc(CNc3cccc(C(=O)NC(CCC(=O)O)C(=O)O)c3)ccc2n1. The number of nitrogens with one attached hydrogen (secondary N) is 2. The van der Waals surface area contributed by atoms with Crippen LogP contribution in [0.5, 0.6) is 0 Å². The van der Waals surface area contributed by atoms with Gasteiger partial charge in [-0.25, -0.2) is 9.78 Å². The molecule has 0 aliphatic heterocycles. The maximum Gasteiger partial charge on any atom is 0.326 e. The van der Waals surface area contributed by atoms with Gasteiger partial charge in [0.1, 0.15) is 11.9 Å². The van der Waals surface area contributed by atoms with Crippen LogP contribution < -0.4 is 22.1 Å². The third-order valence-corrected chi connectivity index (χ3v) is 4.68. The number of carbonyl (C=O) groups is 3. The molecule has 1 aromatic heterocycles. The van der Waals surface area contributed by atoms with Crippen LogP contribution in [0.1, 0.15) is 28.8 Å². The first-order chi connectivity index (χ1) is 15.2. The van der Waals surface area contributed by atoms with E-state index in [1.54, 1.807) is 24.3 Å². The van der Waals surface area contributed by atoms with E-state index in [0.29, 0.717) is 23.1 Å². The molecule has 166 valence electrons. The Hall–Kier alpha value is -4.41. The molecule has 0 bridgehead atoms. The topological polar surface area (TPSA) is 194 Å². The van der Waals surface area contributed by atoms with Gasteiger partial charge in [-0.1, -0.05) is 12.1 Å². The summed E-state index contributed by atoms with van der Waals surface area (Å²) in [6.45, 7) is 0.418. The van der Waals surface area contributed by atoms with Crippen molar-refractivity contribution in [2.75, 3.05) is 16.8 Å². The lowest BCUT2D eigenvalue weighted by molar-refractivity contribution is -0.140. The van der Waals surface area contributed by atoms with Gasteiger partial charge >= 0.3 is 11.9 Å². The minimum atomic E-state index is -1.30. The predicted molar refractivity (Wildman–Crippen MR) is 118 cm³/mol. The summed E-state index contributed by atoms with van der Waals surface area (Å²) < 4.78 is 0. The second-order valence-corrected chi connectivity index (χ2v) is 7.05. The van der Waals surface area contributed by atoms with Crippen LogP contribution >= 0.6 is 0 Å². The van der Waals surface area contributed by atoms with Crippen molar-refractivity contribution < 1.29 is 24.6 Å². The first kappa shape index (κ1) is 22.3. The van der Waals surface area contributed by atoms with Crippen LogP contribution in [0.25, 0.3) is 10.9 Å². The van der Waals surface area contributed by atoms with Crippen molar-refractivity contribution in [2.24, 2.45) is 0 Å². The molecule has 1 atom stereocenters. The van der Waals surface area contributed by atoms with Crippen molar-refractivity contribution in [3.8, 4) is 0 Å². The van der Waals surface area contributed by atoms with Crippen LogP contribution in [-0.2, 0) is 16.1 Å². The number of hydrogen-bond acceptors (Lipinski definition) is 8. The molecule has 0 aliphatic carbocycles. The fourth-order valence-electron chi connectivity index (χ4n) is 3.07. The normalized spacial score (nSPS) is 11.6. The Morgan fingerprint density at radius 1 is 1.03 bits per heavy atom. The number of nitrogens with zero attached hydrogens (tertiary/aromatic N) is 2. The number of rotatable bonds is 9. The number of nitrogen functional groups attached to an aromatic ring is 2. The highest BCUT2D eigenvalue weighted by Crippen LogP contribution is 2.21. The number of aliphatic carboxylic acids is 2. The lowest BCUT2D eigenvalue weighted by Gasteiger charge is -2.14. The second kappa shape index (κ2) is 9.60.